The number of hydrogen-bond donors (Lipinski definition) is 2. The Bertz CT molecular complexity index is 693. The number of sulfonamides is 1. The lowest BCUT2D eigenvalue weighted by atomic mass is 10.2. The number of ether oxygens (including phenoxy) is 2. The summed E-state index contributed by atoms with van der Waals surface area (Å²) < 4.78 is 37.6. The van der Waals surface area contributed by atoms with Gasteiger partial charge in [-0.05, 0) is 38.1 Å². The predicted molar refractivity (Wildman–Crippen MR) is 101 cm³/mol. The molecule has 1 fully saturated rings. The van der Waals surface area contributed by atoms with Crippen LogP contribution in [0.4, 0.5) is 5.69 Å². The molecule has 1 aliphatic rings. The lowest BCUT2D eigenvalue weighted by Crippen LogP contribution is -2.40. The number of nitrogens with zero attached hydrogens (tertiary/aromatic N) is 1. The Hall–Kier alpha value is -1.39. The molecule has 0 atom stereocenters. The molecule has 1 aromatic carbocycles. The Morgan fingerprint density at radius 1 is 1.35 bits per heavy atom. The monoisotopic (exact) mass is 407 g/mol. The van der Waals surface area contributed by atoms with E-state index in [0.717, 1.165) is 0 Å². The first-order valence-corrected chi connectivity index (χ1v) is 9.77. The molecule has 1 aliphatic heterocycles. The van der Waals surface area contributed by atoms with Gasteiger partial charge >= 0.3 is 0 Å². The first-order valence-electron chi connectivity index (χ1n) is 8.33. The quantitative estimate of drug-likeness (QED) is 0.669. The first kappa shape index (κ1) is 22.7. The SMILES string of the molecule is CCOc1ccc(S(=O)(=O)N2CCOCC2)cc1NC(=O)CCCN.Cl. The molecule has 26 heavy (non-hydrogen) atoms. The van der Waals surface area contributed by atoms with E-state index in [4.69, 9.17) is 15.2 Å². The van der Waals surface area contributed by atoms with Crippen LogP contribution in [0.25, 0.3) is 0 Å². The number of hydrogen-bond acceptors (Lipinski definition) is 6. The van der Waals surface area contributed by atoms with Gasteiger partial charge in [-0.1, -0.05) is 0 Å². The maximum Gasteiger partial charge on any atom is 0.243 e. The summed E-state index contributed by atoms with van der Waals surface area (Å²) in [6.45, 7) is 4.01. The number of rotatable bonds is 8. The number of amides is 1. The molecule has 8 nitrogen and oxygen atoms in total. The molecule has 0 unspecified atom stereocenters. The number of carbonyl (C=O) groups excluding carboxylic acids is 1. The van der Waals surface area contributed by atoms with Crippen LogP contribution in [0.15, 0.2) is 23.1 Å². The van der Waals surface area contributed by atoms with Gasteiger partial charge in [0.1, 0.15) is 5.75 Å². The minimum Gasteiger partial charge on any atom is -0.492 e. The second-order valence-corrected chi connectivity index (χ2v) is 7.49. The van der Waals surface area contributed by atoms with Gasteiger partial charge in [-0.3, -0.25) is 4.79 Å². The van der Waals surface area contributed by atoms with E-state index in [0.29, 0.717) is 57.3 Å². The zero-order chi connectivity index (χ0) is 18.3. The van der Waals surface area contributed by atoms with Gasteiger partial charge in [-0.2, -0.15) is 4.31 Å². The van der Waals surface area contributed by atoms with Crippen molar-refractivity contribution in [1.29, 1.82) is 0 Å². The van der Waals surface area contributed by atoms with Gasteiger partial charge in [0.05, 0.1) is 30.4 Å². The standard InChI is InChI=1S/C16H25N3O5S.ClH/c1-2-24-15-6-5-13(12-14(15)18-16(20)4-3-7-17)25(21,22)19-8-10-23-11-9-19;/h5-6,12H,2-4,7-11,17H2,1H3,(H,18,20);1H. The van der Waals surface area contributed by atoms with E-state index in [-0.39, 0.29) is 29.6 Å². The lowest BCUT2D eigenvalue weighted by Gasteiger charge is -2.26. The molecule has 2 rings (SSSR count). The number of nitrogens with two attached hydrogens (primary N) is 1. The van der Waals surface area contributed by atoms with Crippen molar-refractivity contribution in [2.45, 2.75) is 24.7 Å². The van der Waals surface area contributed by atoms with Crippen molar-refractivity contribution in [3.63, 3.8) is 0 Å². The van der Waals surface area contributed by atoms with Crippen LogP contribution in [0.2, 0.25) is 0 Å². The van der Waals surface area contributed by atoms with E-state index < -0.39 is 10.0 Å². The summed E-state index contributed by atoms with van der Waals surface area (Å²) in [5.41, 5.74) is 5.76. The van der Waals surface area contributed by atoms with Crippen LogP contribution in [0.3, 0.4) is 0 Å². The lowest BCUT2D eigenvalue weighted by molar-refractivity contribution is -0.116. The first-order chi connectivity index (χ1) is 12.0. The highest BCUT2D eigenvalue weighted by molar-refractivity contribution is 7.89. The number of carbonyl (C=O) groups is 1. The Balaban J connectivity index is 0.00000338. The summed E-state index contributed by atoms with van der Waals surface area (Å²) in [6.07, 6.45) is 0.823. The molecule has 1 heterocycles. The molecule has 10 heteroatoms. The molecule has 1 amide bonds. The van der Waals surface area contributed by atoms with E-state index in [1.807, 2.05) is 6.92 Å². The molecule has 1 aromatic rings. The van der Waals surface area contributed by atoms with E-state index in [2.05, 4.69) is 5.32 Å². The summed E-state index contributed by atoms with van der Waals surface area (Å²) >= 11 is 0. The Kier molecular flexibility index (Phi) is 9.31. The second-order valence-electron chi connectivity index (χ2n) is 5.55. The Morgan fingerprint density at radius 3 is 2.65 bits per heavy atom. The smallest absolute Gasteiger partial charge is 0.243 e. The minimum absolute atomic E-state index is 0. The summed E-state index contributed by atoms with van der Waals surface area (Å²) in [5, 5.41) is 2.72. The highest BCUT2D eigenvalue weighted by atomic mass is 35.5. The van der Waals surface area contributed by atoms with E-state index >= 15 is 0 Å². The maximum absolute atomic E-state index is 12.8. The van der Waals surface area contributed by atoms with Crippen LogP contribution in [-0.4, -0.2) is 58.1 Å². The summed E-state index contributed by atoms with van der Waals surface area (Å²) in [6, 6.07) is 4.50. The number of nitrogens with one attached hydrogen (secondary N) is 1. The third-order valence-corrected chi connectivity index (χ3v) is 5.64. The van der Waals surface area contributed by atoms with E-state index in [9.17, 15) is 13.2 Å². The van der Waals surface area contributed by atoms with Crippen LogP contribution in [0.5, 0.6) is 5.75 Å². The molecular weight excluding hydrogens is 382 g/mol. The third-order valence-electron chi connectivity index (χ3n) is 3.74. The maximum atomic E-state index is 12.8. The van der Waals surface area contributed by atoms with Crippen LogP contribution >= 0.6 is 12.4 Å². The molecule has 0 spiro atoms. The van der Waals surface area contributed by atoms with Crippen molar-refractivity contribution < 1.29 is 22.7 Å². The average molecular weight is 408 g/mol. The Labute approximate surface area is 160 Å². The molecular formula is C16H26ClN3O5S. The zero-order valence-electron chi connectivity index (χ0n) is 14.8. The van der Waals surface area contributed by atoms with Crippen molar-refractivity contribution >= 4 is 34.0 Å². The van der Waals surface area contributed by atoms with Crippen LogP contribution in [0, 0.1) is 0 Å². The normalized spacial score (nSPS) is 15.2. The van der Waals surface area contributed by atoms with Gasteiger partial charge < -0.3 is 20.5 Å². The second kappa shape index (κ2) is 10.7. The summed E-state index contributed by atoms with van der Waals surface area (Å²) in [4.78, 5) is 12.1. The van der Waals surface area contributed by atoms with Gasteiger partial charge in [-0.15, -0.1) is 12.4 Å². The van der Waals surface area contributed by atoms with E-state index in [1.54, 1.807) is 6.07 Å². The van der Waals surface area contributed by atoms with Crippen molar-refractivity contribution in [3.05, 3.63) is 18.2 Å². The van der Waals surface area contributed by atoms with Crippen molar-refractivity contribution in [1.82, 2.24) is 4.31 Å². The van der Waals surface area contributed by atoms with Gasteiger partial charge in [0, 0.05) is 19.5 Å². The van der Waals surface area contributed by atoms with Gasteiger partial charge in [0.15, 0.2) is 0 Å². The number of benzene rings is 1. The van der Waals surface area contributed by atoms with Crippen molar-refractivity contribution in [2.24, 2.45) is 5.73 Å². The fourth-order valence-electron chi connectivity index (χ4n) is 2.46. The van der Waals surface area contributed by atoms with Crippen LogP contribution in [0.1, 0.15) is 19.8 Å². The fraction of sp³-hybridized carbons (Fsp3) is 0.562. The topological polar surface area (TPSA) is 111 Å². The zero-order valence-corrected chi connectivity index (χ0v) is 16.4. The summed E-state index contributed by atoms with van der Waals surface area (Å²) in [7, 11) is -3.64. The number of halogens is 1. The minimum atomic E-state index is -3.64. The molecule has 0 aliphatic carbocycles. The van der Waals surface area contributed by atoms with Crippen molar-refractivity contribution in [3.8, 4) is 5.75 Å². The number of morpholine rings is 1. The molecule has 0 radical (unpaired) electrons. The fourth-order valence-corrected chi connectivity index (χ4v) is 3.89. The largest absolute Gasteiger partial charge is 0.492 e. The Morgan fingerprint density at radius 2 is 2.04 bits per heavy atom. The average Bonchev–Trinajstić information content (AvgIpc) is 2.62. The molecule has 0 aromatic heterocycles. The molecule has 1 saturated heterocycles. The number of anilines is 1. The highest BCUT2D eigenvalue weighted by Crippen LogP contribution is 2.29. The van der Waals surface area contributed by atoms with E-state index in [1.165, 1.54) is 16.4 Å². The predicted octanol–water partition coefficient (Wildman–Crippen LogP) is 1.21. The molecule has 148 valence electrons. The molecule has 0 bridgehead atoms. The summed E-state index contributed by atoms with van der Waals surface area (Å²) in [5.74, 6) is 0.205. The third kappa shape index (κ3) is 5.82. The highest BCUT2D eigenvalue weighted by Gasteiger charge is 2.27. The van der Waals surface area contributed by atoms with Gasteiger partial charge in [-0.25, -0.2) is 8.42 Å². The van der Waals surface area contributed by atoms with Crippen LogP contribution in [-0.2, 0) is 19.6 Å². The van der Waals surface area contributed by atoms with Crippen molar-refractivity contribution in [2.75, 3.05) is 44.8 Å². The van der Waals surface area contributed by atoms with Crippen LogP contribution < -0.4 is 15.8 Å². The molecule has 0 saturated carbocycles. The molecule has 3 N–H and O–H groups in total. The van der Waals surface area contributed by atoms with Gasteiger partial charge in [0.2, 0.25) is 15.9 Å². The van der Waals surface area contributed by atoms with Gasteiger partial charge in [0.25, 0.3) is 0 Å².